The summed E-state index contributed by atoms with van der Waals surface area (Å²) in [5.74, 6) is -6.33. The van der Waals surface area contributed by atoms with Crippen molar-refractivity contribution in [2.24, 2.45) is 0 Å². The molecule has 0 aliphatic carbocycles. The van der Waals surface area contributed by atoms with E-state index in [1.807, 2.05) is 10.3 Å². The number of amides is 2. The highest BCUT2D eigenvalue weighted by atomic mass is 19.3. The third kappa shape index (κ3) is 8.41. The Morgan fingerprint density at radius 3 is 2.40 bits per heavy atom. The van der Waals surface area contributed by atoms with Crippen LogP contribution < -0.4 is 16.6 Å². The van der Waals surface area contributed by atoms with Crippen LogP contribution in [0.5, 0.6) is 0 Å². The van der Waals surface area contributed by atoms with E-state index in [4.69, 9.17) is 9.84 Å². The first-order valence-electron chi connectivity index (χ1n) is 8.74. The maximum absolute atomic E-state index is 14.2. The van der Waals surface area contributed by atoms with Gasteiger partial charge in [-0.2, -0.15) is 0 Å². The van der Waals surface area contributed by atoms with Gasteiger partial charge in [-0.1, -0.05) is 0 Å². The van der Waals surface area contributed by atoms with Gasteiger partial charge in [-0.15, -0.1) is 0 Å². The van der Waals surface area contributed by atoms with Crippen molar-refractivity contribution in [2.45, 2.75) is 45.8 Å². The number of carbonyl (C=O) groups is 3. The molecular weight excluding hydrogens is 410 g/mol. The standard InChI is InChI=1S/C17H24F2N4O7/c1-10-5-22(14(28)21-13(10)27)6-11(24)23(7-12(25)26)9-17(18,19)8-20-15(29)30-16(2,3)4/h5H,6-9H2,1-4H3,(H,20,29)(H,25,26)(H,21,27,28). The molecule has 11 nitrogen and oxygen atoms in total. The number of aromatic amines is 1. The third-order valence-corrected chi connectivity index (χ3v) is 3.49. The first-order chi connectivity index (χ1) is 13.6. The molecule has 0 fully saturated rings. The summed E-state index contributed by atoms with van der Waals surface area (Å²) in [5.41, 5.74) is -2.44. The Morgan fingerprint density at radius 2 is 1.87 bits per heavy atom. The minimum atomic E-state index is -3.69. The van der Waals surface area contributed by atoms with Gasteiger partial charge in [-0.25, -0.2) is 18.4 Å². The predicted molar refractivity (Wildman–Crippen MR) is 99.5 cm³/mol. The highest BCUT2D eigenvalue weighted by Gasteiger charge is 2.35. The van der Waals surface area contributed by atoms with E-state index >= 15 is 0 Å². The van der Waals surface area contributed by atoms with E-state index in [2.05, 4.69) is 0 Å². The number of aromatic nitrogens is 2. The Balaban J connectivity index is 2.90. The lowest BCUT2D eigenvalue weighted by molar-refractivity contribution is -0.148. The Bertz CT molecular complexity index is 918. The summed E-state index contributed by atoms with van der Waals surface area (Å²) in [5, 5.41) is 10.8. The van der Waals surface area contributed by atoms with Crippen molar-refractivity contribution in [1.82, 2.24) is 19.8 Å². The second-order valence-electron chi connectivity index (χ2n) is 7.55. The Labute approximate surface area is 169 Å². The number of nitrogens with zero attached hydrogens (tertiary/aromatic N) is 2. The monoisotopic (exact) mass is 434 g/mol. The maximum atomic E-state index is 14.2. The van der Waals surface area contributed by atoms with Crippen LogP contribution in [0.15, 0.2) is 15.8 Å². The fourth-order valence-electron chi connectivity index (χ4n) is 2.23. The van der Waals surface area contributed by atoms with Crippen LogP contribution in [0.4, 0.5) is 13.6 Å². The van der Waals surface area contributed by atoms with Crippen LogP contribution in [0.1, 0.15) is 26.3 Å². The van der Waals surface area contributed by atoms with Gasteiger partial charge in [-0.3, -0.25) is 23.9 Å². The van der Waals surface area contributed by atoms with E-state index in [0.717, 1.165) is 10.8 Å². The molecule has 1 aromatic rings. The van der Waals surface area contributed by atoms with Gasteiger partial charge in [0, 0.05) is 11.8 Å². The number of alkyl carbamates (subject to hydrolysis) is 1. The van der Waals surface area contributed by atoms with E-state index in [1.165, 1.54) is 6.92 Å². The fraction of sp³-hybridized carbons (Fsp3) is 0.588. The number of ether oxygens (including phenoxy) is 1. The van der Waals surface area contributed by atoms with Crippen molar-refractivity contribution < 1.29 is 33.0 Å². The second kappa shape index (κ2) is 9.50. The minimum Gasteiger partial charge on any atom is -0.480 e. The normalized spacial score (nSPS) is 11.7. The molecule has 0 unspecified atom stereocenters. The number of aliphatic carboxylic acids is 1. The third-order valence-electron chi connectivity index (χ3n) is 3.49. The topological polar surface area (TPSA) is 151 Å². The SMILES string of the molecule is Cc1cn(CC(=O)N(CC(=O)O)CC(F)(F)CNC(=O)OC(C)(C)C)c(=O)[nH]c1=O. The quantitative estimate of drug-likeness (QED) is 0.518. The number of nitrogens with one attached hydrogen (secondary N) is 2. The zero-order valence-electron chi connectivity index (χ0n) is 17.0. The molecule has 0 spiro atoms. The summed E-state index contributed by atoms with van der Waals surface area (Å²) < 4.78 is 34.1. The molecule has 0 aromatic carbocycles. The maximum Gasteiger partial charge on any atom is 0.407 e. The van der Waals surface area contributed by atoms with Crippen molar-refractivity contribution >= 4 is 18.0 Å². The molecule has 2 amide bonds. The molecule has 1 rings (SSSR count). The van der Waals surface area contributed by atoms with E-state index < -0.39 is 66.9 Å². The van der Waals surface area contributed by atoms with Crippen molar-refractivity contribution in [1.29, 1.82) is 0 Å². The van der Waals surface area contributed by atoms with Crippen molar-refractivity contribution in [3.63, 3.8) is 0 Å². The van der Waals surface area contributed by atoms with E-state index in [1.54, 1.807) is 20.8 Å². The molecule has 168 valence electrons. The molecule has 0 radical (unpaired) electrons. The lowest BCUT2D eigenvalue weighted by Gasteiger charge is -2.27. The van der Waals surface area contributed by atoms with Gasteiger partial charge >= 0.3 is 17.8 Å². The van der Waals surface area contributed by atoms with Crippen LogP contribution in [-0.4, -0.2) is 68.7 Å². The number of hydrogen-bond donors (Lipinski definition) is 3. The summed E-state index contributed by atoms with van der Waals surface area (Å²) >= 11 is 0. The summed E-state index contributed by atoms with van der Waals surface area (Å²) in [6, 6.07) is 0. The van der Waals surface area contributed by atoms with Gasteiger partial charge in [0.1, 0.15) is 18.7 Å². The summed E-state index contributed by atoms with van der Waals surface area (Å²) in [7, 11) is 0. The first-order valence-corrected chi connectivity index (χ1v) is 8.74. The zero-order chi connectivity index (χ0) is 23.3. The molecule has 0 aliphatic heterocycles. The molecule has 3 N–H and O–H groups in total. The number of rotatable bonds is 8. The minimum absolute atomic E-state index is 0.0964. The number of carbonyl (C=O) groups excluding carboxylic acids is 2. The van der Waals surface area contributed by atoms with Gasteiger partial charge in [0.15, 0.2) is 0 Å². The molecule has 1 heterocycles. The lowest BCUT2D eigenvalue weighted by atomic mass is 10.2. The summed E-state index contributed by atoms with van der Waals surface area (Å²) in [6.45, 7) is 1.63. The predicted octanol–water partition coefficient (Wildman–Crippen LogP) is -0.0818. The Morgan fingerprint density at radius 1 is 1.27 bits per heavy atom. The average molecular weight is 434 g/mol. The summed E-state index contributed by atoms with van der Waals surface area (Å²) in [4.78, 5) is 60.3. The number of alkyl halides is 2. The molecule has 0 atom stereocenters. The van der Waals surface area contributed by atoms with Crippen LogP contribution in [0.3, 0.4) is 0 Å². The Kier molecular flexibility index (Phi) is 7.85. The van der Waals surface area contributed by atoms with Gasteiger partial charge in [0.05, 0.1) is 13.1 Å². The molecular formula is C17H24F2N4O7. The lowest BCUT2D eigenvalue weighted by Crippen LogP contribution is -2.50. The van der Waals surface area contributed by atoms with E-state index in [9.17, 15) is 32.8 Å². The van der Waals surface area contributed by atoms with Gasteiger partial charge in [0.2, 0.25) is 5.91 Å². The number of halogens is 2. The molecule has 0 bridgehead atoms. The summed E-state index contributed by atoms with van der Waals surface area (Å²) in [6.07, 6.45) is -0.0474. The number of carboxylic acids is 1. The van der Waals surface area contributed by atoms with Gasteiger partial charge in [-0.05, 0) is 27.7 Å². The average Bonchev–Trinajstić information content (AvgIpc) is 2.55. The molecule has 13 heteroatoms. The molecule has 0 aliphatic rings. The van der Waals surface area contributed by atoms with Crippen molar-refractivity contribution in [3.8, 4) is 0 Å². The Hall–Kier alpha value is -3.25. The highest BCUT2D eigenvalue weighted by Crippen LogP contribution is 2.15. The van der Waals surface area contributed by atoms with Gasteiger partial charge in [0.25, 0.3) is 11.5 Å². The second-order valence-corrected chi connectivity index (χ2v) is 7.55. The van der Waals surface area contributed by atoms with Crippen molar-refractivity contribution in [2.75, 3.05) is 19.6 Å². The number of carboxylic acid groups (broad SMARTS) is 1. The van der Waals surface area contributed by atoms with E-state index in [-0.39, 0.29) is 5.56 Å². The van der Waals surface area contributed by atoms with Crippen LogP contribution in [0.2, 0.25) is 0 Å². The molecule has 0 saturated carbocycles. The smallest absolute Gasteiger partial charge is 0.407 e. The van der Waals surface area contributed by atoms with Crippen LogP contribution in [-0.2, 0) is 20.9 Å². The fourth-order valence-corrected chi connectivity index (χ4v) is 2.23. The molecule has 30 heavy (non-hydrogen) atoms. The molecule has 0 saturated heterocycles. The van der Waals surface area contributed by atoms with Crippen molar-refractivity contribution in [3.05, 3.63) is 32.6 Å². The number of aryl methyl sites for hydroxylation is 1. The molecule has 1 aromatic heterocycles. The number of H-pyrrole nitrogens is 1. The zero-order valence-corrected chi connectivity index (χ0v) is 17.0. The van der Waals surface area contributed by atoms with Crippen LogP contribution >= 0.6 is 0 Å². The van der Waals surface area contributed by atoms with E-state index in [0.29, 0.717) is 4.90 Å². The first kappa shape index (κ1) is 24.8. The van der Waals surface area contributed by atoms with Gasteiger partial charge < -0.3 is 20.1 Å². The largest absolute Gasteiger partial charge is 0.480 e. The highest BCUT2D eigenvalue weighted by molar-refractivity contribution is 5.81. The number of hydrogen-bond acceptors (Lipinski definition) is 6. The van der Waals surface area contributed by atoms with Crippen LogP contribution in [0, 0.1) is 6.92 Å². The van der Waals surface area contributed by atoms with Crippen LogP contribution in [0.25, 0.3) is 0 Å².